The van der Waals surface area contributed by atoms with Gasteiger partial charge in [-0.1, -0.05) is 31.1 Å². The first-order valence-corrected chi connectivity index (χ1v) is 9.24. The predicted octanol–water partition coefficient (Wildman–Crippen LogP) is 3.18. The van der Waals surface area contributed by atoms with Crippen molar-refractivity contribution in [2.75, 3.05) is 20.0 Å². The molecule has 1 atom stereocenters. The third kappa shape index (κ3) is 3.54. The molecule has 0 amide bonds. The number of nitrogens with zero attached hydrogens (tertiary/aromatic N) is 2. The first-order chi connectivity index (χ1) is 12.7. The molecule has 0 radical (unpaired) electrons. The zero-order valence-electron chi connectivity index (χ0n) is 15.2. The third-order valence-electron chi connectivity index (χ3n) is 4.97. The van der Waals surface area contributed by atoms with Crippen molar-refractivity contribution in [3.8, 4) is 11.5 Å². The van der Waals surface area contributed by atoms with Crippen molar-refractivity contribution in [3.05, 3.63) is 35.5 Å². The molecule has 1 saturated heterocycles. The van der Waals surface area contributed by atoms with Crippen LogP contribution in [0, 0.1) is 5.92 Å². The number of para-hydroxylation sites is 1. The van der Waals surface area contributed by atoms with Crippen molar-refractivity contribution in [2.24, 2.45) is 5.92 Å². The fraction of sp³-hybridized carbons (Fsp3) is 0.579. The summed E-state index contributed by atoms with van der Waals surface area (Å²) in [5, 5.41) is 7.76. The molecule has 26 heavy (non-hydrogen) atoms. The predicted molar refractivity (Wildman–Crippen MR) is 94.1 cm³/mol. The lowest BCUT2D eigenvalue weighted by atomic mass is 9.91. The zero-order chi connectivity index (χ0) is 17.9. The van der Waals surface area contributed by atoms with E-state index < -0.39 is 0 Å². The summed E-state index contributed by atoms with van der Waals surface area (Å²) in [4.78, 5) is 4.63. The minimum absolute atomic E-state index is 0.00271. The maximum atomic E-state index is 5.62. The van der Waals surface area contributed by atoms with Crippen molar-refractivity contribution in [2.45, 2.75) is 45.2 Å². The van der Waals surface area contributed by atoms with Crippen molar-refractivity contribution in [1.29, 1.82) is 0 Å². The fourth-order valence-electron chi connectivity index (χ4n) is 3.46. The maximum absolute atomic E-state index is 5.62. The maximum Gasteiger partial charge on any atom is 0.244 e. The van der Waals surface area contributed by atoms with Crippen LogP contribution < -0.4 is 14.8 Å². The largest absolute Gasteiger partial charge is 0.454 e. The first-order valence-electron chi connectivity index (χ1n) is 9.24. The number of hydrogen-bond donors (Lipinski definition) is 1. The van der Waals surface area contributed by atoms with Gasteiger partial charge < -0.3 is 24.1 Å². The molecule has 1 aromatic carbocycles. The first kappa shape index (κ1) is 17.3. The molecular formula is C19H25N3O4. The van der Waals surface area contributed by atoms with Crippen molar-refractivity contribution >= 4 is 0 Å². The van der Waals surface area contributed by atoms with Gasteiger partial charge in [0.1, 0.15) is 0 Å². The lowest BCUT2D eigenvalue weighted by Gasteiger charge is -2.28. The minimum atomic E-state index is -0.00271. The number of ether oxygens (including phenoxy) is 3. The Hall–Kier alpha value is -2.12. The monoisotopic (exact) mass is 359 g/mol. The molecule has 1 N–H and O–H groups in total. The van der Waals surface area contributed by atoms with Crippen LogP contribution in [0.15, 0.2) is 22.7 Å². The number of nitrogens with one attached hydrogen (secondary N) is 1. The second kappa shape index (κ2) is 7.63. The van der Waals surface area contributed by atoms with Gasteiger partial charge in [-0.05, 0) is 24.8 Å². The van der Waals surface area contributed by atoms with Gasteiger partial charge in [-0.2, -0.15) is 4.98 Å². The van der Waals surface area contributed by atoms with Crippen molar-refractivity contribution < 1.29 is 18.7 Å². The summed E-state index contributed by atoms with van der Waals surface area (Å²) in [5.74, 6) is 3.66. The van der Waals surface area contributed by atoms with E-state index in [0.717, 1.165) is 48.9 Å². The van der Waals surface area contributed by atoms with Crippen molar-refractivity contribution in [3.63, 3.8) is 0 Å². The van der Waals surface area contributed by atoms with Gasteiger partial charge >= 0.3 is 0 Å². The molecule has 2 aromatic rings. The van der Waals surface area contributed by atoms with Gasteiger partial charge in [-0.3, -0.25) is 0 Å². The Kier molecular flexibility index (Phi) is 5.08. The second-order valence-corrected chi connectivity index (χ2v) is 7.10. The molecule has 3 heterocycles. The van der Waals surface area contributed by atoms with Crippen LogP contribution in [0.2, 0.25) is 0 Å². The van der Waals surface area contributed by atoms with Gasteiger partial charge in [0.25, 0.3) is 0 Å². The number of rotatable bonds is 6. The average Bonchev–Trinajstić information content (AvgIpc) is 3.33. The van der Waals surface area contributed by atoms with Crippen LogP contribution in [0.25, 0.3) is 0 Å². The number of aromatic nitrogens is 2. The molecule has 7 nitrogen and oxygen atoms in total. The van der Waals surface area contributed by atoms with E-state index in [4.69, 9.17) is 18.7 Å². The van der Waals surface area contributed by atoms with Gasteiger partial charge in [-0.15, -0.1) is 0 Å². The molecule has 0 aliphatic carbocycles. The highest BCUT2D eigenvalue weighted by Crippen LogP contribution is 2.36. The van der Waals surface area contributed by atoms with Crippen LogP contribution >= 0.6 is 0 Å². The number of hydrogen-bond acceptors (Lipinski definition) is 7. The highest BCUT2D eigenvalue weighted by atomic mass is 16.7. The lowest BCUT2D eigenvalue weighted by molar-refractivity contribution is 0.0485. The van der Waals surface area contributed by atoms with E-state index in [1.807, 2.05) is 12.1 Å². The quantitative estimate of drug-likeness (QED) is 0.848. The summed E-state index contributed by atoms with van der Waals surface area (Å²) < 4.78 is 22.2. The number of benzene rings is 1. The van der Waals surface area contributed by atoms with E-state index >= 15 is 0 Å². The SMILES string of the molecule is CC(C)c1noc([C@H](NCc2cccc3c2OCO3)C2CCOCC2)n1. The van der Waals surface area contributed by atoms with E-state index in [1.54, 1.807) is 0 Å². The molecule has 7 heteroatoms. The summed E-state index contributed by atoms with van der Waals surface area (Å²) in [6, 6.07) is 5.96. The van der Waals surface area contributed by atoms with Crippen LogP contribution in [0.1, 0.15) is 55.9 Å². The van der Waals surface area contributed by atoms with E-state index in [9.17, 15) is 0 Å². The topological polar surface area (TPSA) is 78.6 Å². The Morgan fingerprint density at radius 3 is 2.81 bits per heavy atom. The second-order valence-electron chi connectivity index (χ2n) is 7.10. The summed E-state index contributed by atoms with van der Waals surface area (Å²) in [6.07, 6.45) is 1.95. The van der Waals surface area contributed by atoms with E-state index in [1.165, 1.54) is 0 Å². The van der Waals surface area contributed by atoms with E-state index in [2.05, 4.69) is 35.4 Å². The van der Waals surface area contributed by atoms with Crippen LogP contribution in [0.5, 0.6) is 11.5 Å². The van der Waals surface area contributed by atoms with Crippen molar-refractivity contribution in [1.82, 2.24) is 15.5 Å². The van der Waals surface area contributed by atoms with Gasteiger partial charge in [0.2, 0.25) is 12.7 Å². The van der Waals surface area contributed by atoms with Gasteiger partial charge in [0, 0.05) is 31.2 Å². The van der Waals surface area contributed by atoms with Crippen LogP contribution in [-0.4, -0.2) is 30.1 Å². The molecule has 140 valence electrons. The highest BCUT2D eigenvalue weighted by Gasteiger charge is 2.30. The molecule has 0 saturated carbocycles. The number of fused-ring (bicyclic) bond motifs is 1. The normalized spacial score (nSPS) is 18.4. The summed E-state index contributed by atoms with van der Waals surface area (Å²) >= 11 is 0. The third-order valence-corrected chi connectivity index (χ3v) is 4.97. The summed E-state index contributed by atoms with van der Waals surface area (Å²) in [7, 11) is 0. The minimum Gasteiger partial charge on any atom is -0.454 e. The molecule has 1 fully saturated rings. The molecule has 2 aliphatic rings. The molecule has 0 unspecified atom stereocenters. The van der Waals surface area contributed by atoms with E-state index in [0.29, 0.717) is 18.4 Å². The zero-order valence-corrected chi connectivity index (χ0v) is 15.2. The molecular weight excluding hydrogens is 334 g/mol. The Labute approximate surface area is 153 Å². The Balaban J connectivity index is 1.54. The standard InChI is InChI=1S/C19H25N3O4/c1-12(2)18-21-19(26-22-18)16(13-6-8-23-9-7-13)20-10-14-4-3-5-15-17(14)25-11-24-15/h3-5,12-13,16,20H,6-11H2,1-2H3/t16-/m1/s1. The average molecular weight is 359 g/mol. The van der Waals surface area contributed by atoms with Gasteiger partial charge in [0.05, 0.1) is 6.04 Å². The Morgan fingerprint density at radius 1 is 1.19 bits per heavy atom. The fourth-order valence-corrected chi connectivity index (χ4v) is 3.46. The van der Waals surface area contributed by atoms with Crippen LogP contribution in [0.3, 0.4) is 0 Å². The molecule has 4 rings (SSSR count). The lowest BCUT2D eigenvalue weighted by Crippen LogP contribution is -2.32. The van der Waals surface area contributed by atoms with E-state index in [-0.39, 0.29) is 18.8 Å². The molecule has 1 aromatic heterocycles. The van der Waals surface area contributed by atoms with Crippen LogP contribution in [0.4, 0.5) is 0 Å². The molecule has 2 aliphatic heterocycles. The molecule has 0 bridgehead atoms. The Morgan fingerprint density at radius 2 is 2.04 bits per heavy atom. The summed E-state index contributed by atoms with van der Waals surface area (Å²) in [5.41, 5.74) is 1.07. The summed E-state index contributed by atoms with van der Waals surface area (Å²) in [6.45, 7) is 6.59. The van der Waals surface area contributed by atoms with Gasteiger partial charge in [0.15, 0.2) is 17.3 Å². The Bertz CT molecular complexity index is 740. The van der Waals surface area contributed by atoms with Gasteiger partial charge in [-0.25, -0.2) is 0 Å². The highest BCUT2D eigenvalue weighted by molar-refractivity contribution is 5.48. The smallest absolute Gasteiger partial charge is 0.244 e. The molecule has 0 spiro atoms. The van der Waals surface area contributed by atoms with Crippen LogP contribution in [-0.2, 0) is 11.3 Å².